The second-order valence-corrected chi connectivity index (χ2v) is 3.07. The molecule has 0 aliphatic carbocycles. The normalized spacial score (nSPS) is 9.87. The quantitative estimate of drug-likeness (QED) is 0.566. The number of rotatable bonds is 2. The van der Waals surface area contributed by atoms with Gasteiger partial charge >= 0.3 is 0 Å². The van der Waals surface area contributed by atoms with E-state index in [1.807, 2.05) is 30.3 Å². The molecule has 4 nitrogen and oxygen atoms in total. The van der Waals surface area contributed by atoms with E-state index in [1.165, 1.54) is 6.20 Å². The largest absolute Gasteiger partial charge is 0.384 e. The average molecular weight is 198 g/mol. The minimum atomic E-state index is 0.00348. The fourth-order valence-electron chi connectivity index (χ4n) is 1.36. The molecule has 0 spiro atoms. The van der Waals surface area contributed by atoms with E-state index in [4.69, 9.17) is 11.1 Å². The molecule has 15 heavy (non-hydrogen) atoms. The van der Waals surface area contributed by atoms with Crippen molar-refractivity contribution in [3.8, 4) is 11.3 Å². The van der Waals surface area contributed by atoms with Crippen LogP contribution in [-0.4, -0.2) is 16.0 Å². The zero-order valence-electron chi connectivity index (χ0n) is 8.01. The van der Waals surface area contributed by atoms with Crippen molar-refractivity contribution in [1.29, 1.82) is 5.41 Å². The van der Waals surface area contributed by atoms with Crippen molar-refractivity contribution in [3.05, 3.63) is 48.2 Å². The summed E-state index contributed by atoms with van der Waals surface area (Å²) in [6.45, 7) is 0. The summed E-state index contributed by atoms with van der Waals surface area (Å²) >= 11 is 0. The molecule has 74 valence electrons. The smallest absolute Gasteiger partial charge is 0.125 e. The lowest BCUT2D eigenvalue weighted by Gasteiger charge is -2.05. The number of aromatic nitrogens is 2. The third kappa shape index (κ3) is 1.83. The molecular formula is C11H10N4. The van der Waals surface area contributed by atoms with Gasteiger partial charge in [-0.1, -0.05) is 30.3 Å². The van der Waals surface area contributed by atoms with Crippen molar-refractivity contribution in [2.24, 2.45) is 5.73 Å². The molecule has 0 radical (unpaired) electrons. The summed E-state index contributed by atoms with van der Waals surface area (Å²) in [6.07, 6.45) is 1.53. The van der Waals surface area contributed by atoms with Crippen molar-refractivity contribution < 1.29 is 0 Å². The third-order valence-corrected chi connectivity index (χ3v) is 2.06. The number of nitrogen functional groups attached to an aromatic ring is 1. The Morgan fingerprint density at radius 3 is 2.53 bits per heavy atom. The van der Waals surface area contributed by atoms with Crippen molar-refractivity contribution in [3.63, 3.8) is 0 Å². The SMILES string of the molecule is N=C(N)c1ccnnc1-c1ccccc1. The predicted molar refractivity (Wildman–Crippen MR) is 58.5 cm³/mol. The van der Waals surface area contributed by atoms with Crippen LogP contribution in [0.3, 0.4) is 0 Å². The highest BCUT2D eigenvalue weighted by molar-refractivity contribution is 6.00. The van der Waals surface area contributed by atoms with E-state index in [-0.39, 0.29) is 5.84 Å². The Morgan fingerprint density at radius 2 is 1.87 bits per heavy atom. The number of hydrogen-bond acceptors (Lipinski definition) is 3. The van der Waals surface area contributed by atoms with Crippen molar-refractivity contribution in [2.45, 2.75) is 0 Å². The van der Waals surface area contributed by atoms with Gasteiger partial charge in [-0.25, -0.2) is 0 Å². The lowest BCUT2D eigenvalue weighted by Crippen LogP contribution is -2.13. The van der Waals surface area contributed by atoms with Gasteiger partial charge in [-0.05, 0) is 6.07 Å². The maximum atomic E-state index is 7.44. The molecular weight excluding hydrogens is 188 g/mol. The van der Waals surface area contributed by atoms with Gasteiger partial charge in [0.2, 0.25) is 0 Å². The highest BCUT2D eigenvalue weighted by atomic mass is 15.1. The van der Waals surface area contributed by atoms with E-state index in [9.17, 15) is 0 Å². The topological polar surface area (TPSA) is 75.7 Å². The molecule has 1 aromatic heterocycles. The maximum absolute atomic E-state index is 7.44. The van der Waals surface area contributed by atoms with Gasteiger partial charge in [-0.2, -0.15) is 5.10 Å². The molecule has 0 aliphatic heterocycles. The molecule has 2 aromatic rings. The molecule has 0 saturated heterocycles. The Morgan fingerprint density at radius 1 is 1.13 bits per heavy atom. The van der Waals surface area contributed by atoms with Crippen molar-refractivity contribution in [2.75, 3.05) is 0 Å². The third-order valence-electron chi connectivity index (χ3n) is 2.06. The molecule has 0 atom stereocenters. The Balaban J connectivity index is 2.58. The minimum Gasteiger partial charge on any atom is -0.384 e. The molecule has 3 N–H and O–H groups in total. The van der Waals surface area contributed by atoms with Crippen LogP contribution in [0.15, 0.2) is 42.6 Å². The maximum Gasteiger partial charge on any atom is 0.125 e. The summed E-state index contributed by atoms with van der Waals surface area (Å²) in [5, 5.41) is 15.2. The summed E-state index contributed by atoms with van der Waals surface area (Å²) in [6, 6.07) is 11.3. The number of nitrogens with two attached hydrogens (primary N) is 1. The molecule has 1 heterocycles. The first-order chi connectivity index (χ1) is 7.29. The first kappa shape index (κ1) is 9.33. The Labute approximate surface area is 87.3 Å². The van der Waals surface area contributed by atoms with Crippen molar-refractivity contribution in [1.82, 2.24) is 10.2 Å². The number of hydrogen-bond donors (Lipinski definition) is 2. The molecule has 2 rings (SSSR count). The van der Waals surface area contributed by atoms with Gasteiger partial charge < -0.3 is 5.73 Å². The van der Waals surface area contributed by atoms with Crippen LogP contribution in [0.25, 0.3) is 11.3 Å². The van der Waals surface area contributed by atoms with Crippen LogP contribution in [0.1, 0.15) is 5.56 Å². The molecule has 0 aliphatic rings. The standard InChI is InChI=1S/C11H10N4/c12-11(13)9-6-7-14-15-10(9)8-4-2-1-3-5-8/h1-7H,(H3,12,13). The summed E-state index contributed by atoms with van der Waals surface area (Å²) in [4.78, 5) is 0. The van der Waals surface area contributed by atoms with Crippen LogP contribution in [0, 0.1) is 5.41 Å². The zero-order valence-corrected chi connectivity index (χ0v) is 8.01. The monoisotopic (exact) mass is 198 g/mol. The van der Waals surface area contributed by atoms with Gasteiger partial charge in [0.05, 0.1) is 6.20 Å². The number of amidine groups is 1. The second-order valence-electron chi connectivity index (χ2n) is 3.07. The van der Waals surface area contributed by atoms with Gasteiger partial charge in [0.25, 0.3) is 0 Å². The van der Waals surface area contributed by atoms with Crippen LogP contribution in [0.2, 0.25) is 0 Å². The second kappa shape index (κ2) is 3.88. The predicted octanol–water partition coefficient (Wildman–Crippen LogP) is 1.43. The lowest BCUT2D eigenvalue weighted by molar-refractivity contribution is 1.03. The van der Waals surface area contributed by atoms with Crippen LogP contribution in [0.4, 0.5) is 0 Å². The van der Waals surface area contributed by atoms with Crippen LogP contribution < -0.4 is 5.73 Å². The molecule has 0 saturated carbocycles. The van der Waals surface area contributed by atoms with Gasteiger partial charge in [0.1, 0.15) is 11.5 Å². The molecule has 0 bridgehead atoms. The molecule has 0 amide bonds. The first-order valence-corrected chi connectivity index (χ1v) is 4.50. The number of benzene rings is 1. The summed E-state index contributed by atoms with van der Waals surface area (Å²) in [5.41, 5.74) is 7.63. The zero-order chi connectivity index (χ0) is 10.7. The highest BCUT2D eigenvalue weighted by Crippen LogP contribution is 2.19. The Hall–Kier alpha value is -2.23. The molecule has 0 unspecified atom stereocenters. The summed E-state index contributed by atoms with van der Waals surface area (Å²) in [5.74, 6) is 0.00348. The summed E-state index contributed by atoms with van der Waals surface area (Å²) in [7, 11) is 0. The molecule has 4 heteroatoms. The average Bonchev–Trinajstić information content (AvgIpc) is 2.30. The minimum absolute atomic E-state index is 0.00348. The lowest BCUT2D eigenvalue weighted by atomic mass is 10.1. The Kier molecular flexibility index (Phi) is 2.41. The van der Waals surface area contributed by atoms with E-state index >= 15 is 0 Å². The van der Waals surface area contributed by atoms with Gasteiger partial charge in [0, 0.05) is 11.1 Å². The number of nitrogens with one attached hydrogen (secondary N) is 1. The fraction of sp³-hybridized carbons (Fsp3) is 0. The number of nitrogens with zero attached hydrogens (tertiary/aromatic N) is 2. The fourth-order valence-corrected chi connectivity index (χ4v) is 1.36. The van der Waals surface area contributed by atoms with Crippen LogP contribution in [0.5, 0.6) is 0 Å². The Bertz CT molecular complexity index is 479. The van der Waals surface area contributed by atoms with E-state index in [0.717, 1.165) is 5.56 Å². The van der Waals surface area contributed by atoms with E-state index < -0.39 is 0 Å². The first-order valence-electron chi connectivity index (χ1n) is 4.50. The van der Waals surface area contributed by atoms with Crippen molar-refractivity contribution >= 4 is 5.84 Å². The van der Waals surface area contributed by atoms with Gasteiger partial charge in [-0.3, -0.25) is 5.41 Å². The molecule has 0 fully saturated rings. The van der Waals surface area contributed by atoms with E-state index in [2.05, 4.69) is 10.2 Å². The van der Waals surface area contributed by atoms with E-state index in [0.29, 0.717) is 11.3 Å². The van der Waals surface area contributed by atoms with Crippen LogP contribution in [-0.2, 0) is 0 Å². The van der Waals surface area contributed by atoms with Gasteiger partial charge in [0.15, 0.2) is 0 Å². The summed E-state index contributed by atoms with van der Waals surface area (Å²) < 4.78 is 0. The molecule has 1 aromatic carbocycles. The van der Waals surface area contributed by atoms with Crippen LogP contribution >= 0.6 is 0 Å². The van der Waals surface area contributed by atoms with E-state index in [1.54, 1.807) is 6.07 Å². The van der Waals surface area contributed by atoms with Gasteiger partial charge in [-0.15, -0.1) is 5.10 Å². The highest BCUT2D eigenvalue weighted by Gasteiger charge is 2.08.